The lowest BCUT2D eigenvalue weighted by molar-refractivity contribution is 0.0685. The maximum absolute atomic E-state index is 12.3. The monoisotopic (exact) mass is 266 g/mol. The first-order valence-electron chi connectivity index (χ1n) is 3.40. The number of pyridine rings is 1. The van der Waals surface area contributed by atoms with E-state index in [0.29, 0.717) is 0 Å². The zero-order chi connectivity index (χ0) is 10.9. The topological polar surface area (TPSA) is 76.2 Å². The van der Waals surface area contributed by atoms with Gasteiger partial charge in [-0.15, -0.1) is 0 Å². The van der Waals surface area contributed by atoms with Crippen LogP contribution in [-0.4, -0.2) is 16.1 Å². The van der Waals surface area contributed by atoms with Gasteiger partial charge in [0.2, 0.25) is 0 Å². The molecule has 0 saturated carbocycles. The second-order valence-electron chi connectivity index (χ2n) is 2.40. The highest BCUT2D eigenvalue weighted by Crippen LogP contribution is 2.30. The molecule has 76 valence electrons. The lowest BCUT2D eigenvalue weighted by Gasteiger charge is -2.08. The molecular formula is C7H5BrF2N2O2. The maximum atomic E-state index is 12.3. The Kier molecular flexibility index (Phi) is 3.00. The van der Waals surface area contributed by atoms with Crippen molar-refractivity contribution in [2.75, 3.05) is 5.73 Å². The van der Waals surface area contributed by atoms with Crippen LogP contribution in [0.4, 0.5) is 14.5 Å². The summed E-state index contributed by atoms with van der Waals surface area (Å²) in [5.41, 5.74) is 3.71. The Morgan fingerprint density at radius 2 is 2.21 bits per heavy atom. The van der Waals surface area contributed by atoms with Crippen molar-refractivity contribution < 1.29 is 18.7 Å². The maximum Gasteiger partial charge on any atom is 0.338 e. The number of nitrogens with zero attached hydrogens (tertiary/aromatic N) is 1. The molecule has 14 heavy (non-hydrogen) atoms. The van der Waals surface area contributed by atoms with Crippen LogP contribution in [0.5, 0.6) is 0 Å². The molecule has 0 bridgehead atoms. The molecule has 0 aromatic carbocycles. The third kappa shape index (κ3) is 1.82. The van der Waals surface area contributed by atoms with Crippen LogP contribution in [0.25, 0.3) is 0 Å². The fourth-order valence-electron chi connectivity index (χ4n) is 0.923. The van der Waals surface area contributed by atoms with Crippen molar-refractivity contribution in [2.24, 2.45) is 0 Å². The minimum atomic E-state index is -2.91. The number of halogens is 3. The van der Waals surface area contributed by atoms with Crippen LogP contribution in [0.1, 0.15) is 22.3 Å². The molecule has 0 aliphatic heterocycles. The molecule has 4 nitrogen and oxygen atoms in total. The highest BCUT2D eigenvalue weighted by molar-refractivity contribution is 9.10. The summed E-state index contributed by atoms with van der Waals surface area (Å²) in [7, 11) is 0. The van der Waals surface area contributed by atoms with Gasteiger partial charge < -0.3 is 10.8 Å². The van der Waals surface area contributed by atoms with Crippen LogP contribution in [0, 0.1) is 0 Å². The Bertz CT molecular complexity index is 384. The number of carbonyl (C=O) groups is 1. The van der Waals surface area contributed by atoms with E-state index in [1.807, 2.05) is 0 Å². The van der Waals surface area contributed by atoms with Crippen molar-refractivity contribution in [1.29, 1.82) is 0 Å². The number of nitrogens with two attached hydrogens (primary N) is 1. The number of hydrogen-bond acceptors (Lipinski definition) is 3. The number of alkyl halides is 2. The molecular weight excluding hydrogens is 262 g/mol. The molecule has 1 rings (SSSR count). The Hall–Kier alpha value is -1.24. The number of nitrogen functional groups attached to an aromatic ring is 1. The van der Waals surface area contributed by atoms with E-state index in [1.54, 1.807) is 0 Å². The van der Waals surface area contributed by atoms with Crippen molar-refractivity contribution in [3.05, 3.63) is 21.9 Å². The SMILES string of the molecule is Nc1c(Br)ncc(C(F)F)c1C(=O)O. The second-order valence-corrected chi connectivity index (χ2v) is 3.15. The normalized spacial score (nSPS) is 10.6. The average Bonchev–Trinajstić information content (AvgIpc) is 2.08. The minimum absolute atomic E-state index is 0.0410. The number of anilines is 1. The van der Waals surface area contributed by atoms with Gasteiger partial charge in [-0.25, -0.2) is 18.6 Å². The average molecular weight is 267 g/mol. The Labute approximate surface area is 85.9 Å². The second kappa shape index (κ2) is 3.87. The zero-order valence-electron chi connectivity index (χ0n) is 6.67. The van der Waals surface area contributed by atoms with Gasteiger partial charge in [0.05, 0.1) is 16.8 Å². The summed E-state index contributed by atoms with van der Waals surface area (Å²) >= 11 is 2.85. The van der Waals surface area contributed by atoms with E-state index >= 15 is 0 Å². The highest BCUT2D eigenvalue weighted by Gasteiger charge is 2.22. The van der Waals surface area contributed by atoms with Crippen LogP contribution >= 0.6 is 15.9 Å². The number of rotatable bonds is 2. The van der Waals surface area contributed by atoms with Crippen molar-refractivity contribution in [2.45, 2.75) is 6.43 Å². The standard InChI is InChI=1S/C7H5BrF2N2O2/c8-5-4(11)3(7(13)14)2(1-12-5)6(9)10/h1,6H,11H2,(H,13,14). The number of carboxylic acids is 1. The van der Waals surface area contributed by atoms with Gasteiger partial charge >= 0.3 is 5.97 Å². The van der Waals surface area contributed by atoms with Gasteiger partial charge in [0, 0.05) is 6.20 Å². The molecule has 7 heteroatoms. The van der Waals surface area contributed by atoms with Crippen LogP contribution in [-0.2, 0) is 0 Å². The van der Waals surface area contributed by atoms with E-state index in [-0.39, 0.29) is 10.3 Å². The third-order valence-corrected chi connectivity index (χ3v) is 2.18. The van der Waals surface area contributed by atoms with Gasteiger partial charge in [0.15, 0.2) is 0 Å². The Balaban J connectivity index is 3.45. The first kappa shape index (κ1) is 10.8. The molecule has 0 amide bonds. The quantitative estimate of drug-likeness (QED) is 0.804. The highest BCUT2D eigenvalue weighted by atomic mass is 79.9. The number of hydrogen-bond donors (Lipinski definition) is 2. The van der Waals surface area contributed by atoms with E-state index in [1.165, 1.54) is 0 Å². The largest absolute Gasteiger partial charge is 0.478 e. The molecule has 0 unspecified atom stereocenters. The number of carboxylic acid groups (broad SMARTS) is 1. The first-order valence-corrected chi connectivity index (χ1v) is 4.19. The van der Waals surface area contributed by atoms with Crippen molar-refractivity contribution >= 4 is 27.6 Å². The van der Waals surface area contributed by atoms with Crippen LogP contribution in [0.15, 0.2) is 10.8 Å². The molecule has 3 N–H and O–H groups in total. The summed E-state index contributed by atoms with van der Waals surface area (Å²) in [4.78, 5) is 14.1. The molecule has 0 saturated heterocycles. The molecule has 0 radical (unpaired) electrons. The summed E-state index contributed by atoms with van der Waals surface area (Å²) in [5, 5.41) is 8.66. The van der Waals surface area contributed by atoms with E-state index < -0.39 is 23.5 Å². The van der Waals surface area contributed by atoms with E-state index in [0.717, 1.165) is 6.20 Å². The summed E-state index contributed by atoms with van der Waals surface area (Å²) in [6, 6.07) is 0. The van der Waals surface area contributed by atoms with Crippen molar-refractivity contribution in [1.82, 2.24) is 4.98 Å². The predicted molar refractivity (Wildman–Crippen MR) is 48.3 cm³/mol. The summed E-state index contributed by atoms with van der Waals surface area (Å²) in [5.74, 6) is -1.50. The Morgan fingerprint density at radius 3 is 2.64 bits per heavy atom. The van der Waals surface area contributed by atoms with Gasteiger partial charge in [-0.05, 0) is 15.9 Å². The van der Waals surface area contributed by atoms with Crippen LogP contribution < -0.4 is 5.73 Å². The van der Waals surface area contributed by atoms with E-state index in [9.17, 15) is 13.6 Å². The Morgan fingerprint density at radius 1 is 1.64 bits per heavy atom. The fraction of sp³-hybridized carbons (Fsp3) is 0.143. The van der Waals surface area contributed by atoms with Crippen molar-refractivity contribution in [3.8, 4) is 0 Å². The lowest BCUT2D eigenvalue weighted by atomic mass is 10.1. The van der Waals surface area contributed by atoms with Crippen LogP contribution in [0.2, 0.25) is 0 Å². The van der Waals surface area contributed by atoms with Gasteiger partial charge in [-0.1, -0.05) is 0 Å². The smallest absolute Gasteiger partial charge is 0.338 e. The molecule has 0 spiro atoms. The van der Waals surface area contributed by atoms with Gasteiger partial charge in [-0.2, -0.15) is 0 Å². The van der Waals surface area contributed by atoms with E-state index in [2.05, 4.69) is 20.9 Å². The van der Waals surface area contributed by atoms with Crippen LogP contribution in [0.3, 0.4) is 0 Å². The fourth-order valence-corrected chi connectivity index (χ4v) is 1.22. The summed E-state index contributed by atoms with van der Waals surface area (Å²) in [6.45, 7) is 0. The number of aromatic nitrogens is 1. The van der Waals surface area contributed by atoms with Gasteiger partial charge in [-0.3, -0.25) is 0 Å². The molecule has 0 fully saturated rings. The molecule has 1 aromatic rings. The molecule has 0 aliphatic carbocycles. The first-order chi connectivity index (χ1) is 6.45. The number of aromatic carboxylic acids is 1. The third-order valence-electron chi connectivity index (χ3n) is 1.55. The molecule has 0 aliphatic rings. The summed E-state index contributed by atoms with van der Waals surface area (Å²) in [6.07, 6.45) is -2.13. The summed E-state index contributed by atoms with van der Waals surface area (Å²) < 4.78 is 24.7. The van der Waals surface area contributed by atoms with Crippen molar-refractivity contribution in [3.63, 3.8) is 0 Å². The molecule has 1 heterocycles. The lowest BCUT2D eigenvalue weighted by Crippen LogP contribution is -2.09. The van der Waals surface area contributed by atoms with Gasteiger partial charge in [0.25, 0.3) is 6.43 Å². The molecule has 0 atom stereocenters. The predicted octanol–water partition coefficient (Wildman–Crippen LogP) is 2.06. The minimum Gasteiger partial charge on any atom is -0.478 e. The molecule has 1 aromatic heterocycles. The zero-order valence-corrected chi connectivity index (χ0v) is 8.25. The van der Waals surface area contributed by atoms with E-state index in [4.69, 9.17) is 10.8 Å². The van der Waals surface area contributed by atoms with Gasteiger partial charge in [0.1, 0.15) is 4.60 Å².